The molecule has 0 amide bonds. The van der Waals surface area contributed by atoms with Crippen LogP contribution < -0.4 is 11.1 Å². The van der Waals surface area contributed by atoms with E-state index < -0.39 is 0 Å². The van der Waals surface area contributed by atoms with Gasteiger partial charge in [-0.25, -0.2) is 4.98 Å². The van der Waals surface area contributed by atoms with Gasteiger partial charge in [-0.05, 0) is 30.9 Å². The van der Waals surface area contributed by atoms with Gasteiger partial charge >= 0.3 is 0 Å². The number of aromatic nitrogens is 1. The van der Waals surface area contributed by atoms with Crippen LogP contribution >= 0.6 is 0 Å². The first-order valence-electron chi connectivity index (χ1n) is 6.24. The molecule has 0 aliphatic heterocycles. The second-order valence-electron chi connectivity index (χ2n) is 4.84. The van der Waals surface area contributed by atoms with Crippen LogP contribution in [0.25, 0.3) is 0 Å². The minimum absolute atomic E-state index is 0.568. The molecule has 1 aliphatic carbocycles. The van der Waals surface area contributed by atoms with Crippen LogP contribution in [0, 0.1) is 5.92 Å². The van der Waals surface area contributed by atoms with Crippen molar-refractivity contribution < 1.29 is 0 Å². The van der Waals surface area contributed by atoms with Crippen molar-refractivity contribution in [3.05, 3.63) is 18.3 Å². The maximum absolute atomic E-state index is 5.62. The molecule has 3 heteroatoms. The molecule has 2 rings (SSSR count). The molecule has 0 bridgehead atoms. The standard InChI is InChI=1S/C13H21N3/c1-10-5-3-2-4-6-12(10)16-13-8-7-11(14)9-15-13/h7-10,12H,2-6,14H2,1H3,(H,15,16). The minimum atomic E-state index is 0.568. The van der Waals surface area contributed by atoms with Gasteiger partial charge in [0.1, 0.15) is 5.82 Å². The van der Waals surface area contributed by atoms with Crippen LogP contribution in [0.5, 0.6) is 0 Å². The molecule has 1 aromatic rings. The van der Waals surface area contributed by atoms with E-state index in [1.54, 1.807) is 6.20 Å². The van der Waals surface area contributed by atoms with Crippen LogP contribution in [-0.2, 0) is 0 Å². The summed E-state index contributed by atoms with van der Waals surface area (Å²) in [6.07, 6.45) is 8.37. The van der Waals surface area contributed by atoms with Gasteiger partial charge in [0.05, 0.1) is 11.9 Å². The SMILES string of the molecule is CC1CCCCCC1Nc1ccc(N)cn1. The molecule has 0 spiro atoms. The van der Waals surface area contributed by atoms with Crippen molar-refractivity contribution >= 4 is 11.5 Å². The van der Waals surface area contributed by atoms with Gasteiger partial charge in [0.2, 0.25) is 0 Å². The van der Waals surface area contributed by atoms with Crippen LogP contribution in [0.3, 0.4) is 0 Å². The van der Waals surface area contributed by atoms with E-state index in [0.717, 1.165) is 17.4 Å². The molecule has 0 aromatic carbocycles. The first-order valence-corrected chi connectivity index (χ1v) is 6.24. The van der Waals surface area contributed by atoms with E-state index in [2.05, 4.69) is 17.2 Å². The summed E-state index contributed by atoms with van der Waals surface area (Å²) in [4.78, 5) is 4.30. The first-order chi connectivity index (χ1) is 7.75. The van der Waals surface area contributed by atoms with E-state index in [1.807, 2.05) is 12.1 Å². The highest BCUT2D eigenvalue weighted by molar-refractivity contribution is 5.44. The van der Waals surface area contributed by atoms with Crippen molar-refractivity contribution in [3.8, 4) is 0 Å². The lowest BCUT2D eigenvalue weighted by Gasteiger charge is -2.23. The monoisotopic (exact) mass is 219 g/mol. The van der Waals surface area contributed by atoms with E-state index in [-0.39, 0.29) is 0 Å². The molecule has 0 saturated heterocycles. The molecule has 88 valence electrons. The smallest absolute Gasteiger partial charge is 0.126 e. The van der Waals surface area contributed by atoms with Gasteiger partial charge in [0.25, 0.3) is 0 Å². The molecule has 1 saturated carbocycles. The second-order valence-corrected chi connectivity index (χ2v) is 4.84. The van der Waals surface area contributed by atoms with Crippen LogP contribution in [-0.4, -0.2) is 11.0 Å². The summed E-state index contributed by atoms with van der Waals surface area (Å²) in [5.74, 6) is 1.69. The summed E-state index contributed by atoms with van der Waals surface area (Å²) >= 11 is 0. The number of nitrogens with two attached hydrogens (primary N) is 1. The number of anilines is 2. The molecule has 1 aliphatic rings. The number of hydrogen-bond acceptors (Lipinski definition) is 3. The Bertz CT molecular complexity index is 320. The van der Waals surface area contributed by atoms with Gasteiger partial charge in [-0.3, -0.25) is 0 Å². The number of nitrogens with zero attached hydrogens (tertiary/aromatic N) is 1. The number of rotatable bonds is 2. The summed E-state index contributed by atoms with van der Waals surface area (Å²) in [5, 5.41) is 3.53. The predicted molar refractivity (Wildman–Crippen MR) is 68.3 cm³/mol. The first kappa shape index (κ1) is 11.2. The van der Waals surface area contributed by atoms with Gasteiger partial charge in [0, 0.05) is 6.04 Å². The molecular weight excluding hydrogens is 198 g/mol. The fourth-order valence-corrected chi connectivity index (χ4v) is 2.39. The Morgan fingerprint density at radius 2 is 2.06 bits per heavy atom. The van der Waals surface area contributed by atoms with Crippen molar-refractivity contribution in [1.82, 2.24) is 4.98 Å². The molecule has 3 nitrogen and oxygen atoms in total. The van der Waals surface area contributed by atoms with Crippen LogP contribution in [0.2, 0.25) is 0 Å². The Labute approximate surface area is 97.5 Å². The molecule has 16 heavy (non-hydrogen) atoms. The lowest BCUT2D eigenvalue weighted by atomic mass is 9.97. The largest absolute Gasteiger partial charge is 0.397 e. The maximum Gasteiger partial charge on any atom is 0.126 e. The molecular formula is C13H21N3. The number of nitrogen functional groups attached to an aromatic ring is 1. The summed E-state index contributed by atoms with van der Waals surface area (Å²) in [6, 6.07) is 4.43. The zero-order chi connectivity index (χ0) is 11.4. The molecule has 1 aromatic heterocycles. The summed E-state index contributed by atoms with van der Waals surface area (Å²) < 4.78 is 0. The Hall–Kier alpha value is -1.25. The summed E-state index contributed by atoms with van der Waals surface area (Å²) in [7, 11) is 0. The van der Waals surface area contributed by atoms with Crippen molar-refractivity contribution in [1.29, 1.82) is 0 Å². The Morgan fingerprint density at radius 3 is 2.81 bits per heavy atom. The predicted octanol–water partition coefficient (Wildman–Crippen LogP) is 3.04. The zero-order valence-electron chi connectivity index (χ0n) is 9.95. The third-order valence-electron chi connectivity index (χ3n) is 3.48. The average molecular weight is 219 g/mol. The van der Waals surface area contributed by atoms with Gasteiger partial charge in [-0.1, -0.05) is 26.2 Å². The minimum Gasteiger partial charge on any atom is -0.397 e. The van der Waals surface area contributed by atoms with Crippen molar-refractivity contribution in [3.63, 3.8) is 0 Å². The fourth-order valence-electron chi connectivity index (χ4n) is 2.39. The molecule has 1 heterocycles. The molecule has 3 N–H and O–H groups in total. The van der Waals surface area contributed by atoms with Gasteiger partial charge in [0.15, 0.2) is 0 Å². The Morgan fingerprint density at radius 1 is 1.25 bits per heavy atom. The Balaban J connectivity index is 1.99. The van der Waals surface area contributed by atoms with E-state index in [0.29, 0.717) is 6.04 Å². The lowest BCUT2D eigenvalue weighted by molar-refractivity contribution is 0.455. The second kappa shape index (κ2) is 5.19. The molecule has 2 unspecified atom stereocenters. The number of hydrogen-bond donors (Lipinski definition) is 2. The maximum atomic E-state index is 5.62. The highest BCUT2D eigenvalue weighted by atomic mass is 15.0. The van der Waals surface area contributed by atoms with Crippen LogP contribution in [0.1, 0.15) is 39.0 Å². The summed E-state index contributed by atoms with van der Waals surface area (Å²) in [5.41, 5.74) is 6.34. The molecule has 1 fully saturated rings. The van der Waals surface area contributed by atoms with E-state index >= 15 is 0 Å². The normalized spacial score (nSPS) is 26.1. The molecule has 2 atom stereocenters. The van der Waals surface area contributed by atoms with Crippen molar-refractivity contribution in [2.75, 3.05) is 11.1 Å². The highest BCUT2D eigenvalue weighted by Crippen LogP contribution is 2.25. The lowest BCUT2D eigenvalue weighted by Crippen LogP contribution is -2.26. The Kier molecular flexibility index (Phi) is 3.65. The van der Waals surface area contributed by atoms with E-state index in [4.69, 9.17) is 5.73 Å². The van der Waals surface area contributed by atoms with E-state index in [9.17, 15) is 0 Å². The highest BCUT2D eigenvalue weighted by Gasteiger charge is 2.19. The third-order valence-corrected chi connectivity index (χ3v) is 3.48. The topological polar surface area (TPSA) is 50.9 Å². The molecule has 0 radical (unpaired) electrons. The number of nitrogens with one attached hydrogen (secondary N) is 1. The third kappa shape index (κ3) is 2.87. The van der Waals surface area contributed by atoms with Gasteiger partial charge < -0.3 is 11.1 Å². The van der Waals surface area contributed by atoms with Crippen molar-refractivity contribution in [2.24, 2.45) is 5.92 Å². The summed E-state index contributed by atoms with van der Waals surface area (Å²) in [6.45, 7) is 2.33. The van der Waals surface area contributed by atoms with E-state index in [1.165, 1.54) is 32.1 Å². The van der Waals surface area contributed by atoms with Crippen LogP contribution in [0.15, 0.2) is 18.3 Å². The zero-order valence-corrected chi connectivity index (χ0v) is 9.95. The van der Waals surface area contributed by atoms with Gasteiger partial charge in [-0.2, -0.15) is 0 Å². The van der Waals surface area contributed by atoms with Crippen LogP contribution in [0.4, 0.5) is 11.5 Å². The number of pyridine rings is 1. The van der Waals surface area contributed by atoms with Gasteiger partial charge in [-0.15, -0.1) is 0 Å². The average Bonchev–Trinajstić information content (AvgIpc) is 2.48. The fraction of sp³-hybridized carbons (Fsp3) is 0.615. The van der Waals surface area contributed by atoms with Crippen molar-refractivity contribution in [2.45, 2.75) is 45.1 Å². The quantitative estimate of drug-likeness (QED) is 0.752.